The number of halogens is 1. The predicted molar refractivity (Wildman–Crippen MR) is 154 cm³/mol. The summed E-state index contributed by atoms with van der Waals surface area (Å²) in [6.45, 7) is 8.72. The van der Waals surface area contributed by atoms with Gasteiger partial charge in [0.15, 0.2) is 11.5 Å². The largest absolute Gasteiger partial charge is 0.490 e. The first-order valence-electron chi connectivity index (χ1n) is 13.8. The Hall–Kier alpha value is -3.53. The molecule has 0 radical (unpaired) electrons. The molecule has 1 unspecified atom stereocenters. The highest BCUT2D eigenvalue weighted by Gasteiger charge is 2.36. The zero-order valence-corrected chi connectivity index (χ0v) is 24.4. The Labute approximate surface area is 239 Å². The molecule has 2 aromatic carbocycles. The Balaban J connectivity index is 1.70. The van der Waals surface area contributed by atoms with Gasteiger partial charge >= 0.3 is 5.97 Å². The molecule has 10 heteroatoms. The second-order valence-corrected chi connectivity index (χ2v) is 10.5. The van der Waals surface area contributed by atoms with Crippen LogP contribution in [-0.4, -0.2) is 39.7 Å². The molecule has 214 valence electrons. The fraction of sp³-hybridized carbons (Fsp3) is 0.433. The van der Waals surface area contributed by atoms with Gasteiger partial charge in [0, 0.05) is 17.0 Å². The van der Waals surface area contributed by atoms with Crippen molar-refractivity contribution in [2.24, 2.45) is 0 Å². The minimum absolute atomic E-state index is 0.0546. The standard InChI is InChI=1S/C30H37FN4O4S/c1-5-8-16-38-28(36)26-20(4)32-29-33-30(40-17-9-6-2)34-35(29)27(26)21-14-15-24(25(18-21)37-7-3)39-19-22-12-10-11-13-23(22)31/h10-15,18,27H,5-9,16-17,19H2,1-4H3,(H,32,33,34). The number of ether oxygens (including phenoxy) is 3. The third kappa shape index (κ3) is 6.96. The van der Waals surface area contributed by atoms with Crippen LogP contribution in [0.4, 0.5) is 10.3 Å². The summed E-state index contributed by atoms with van der Waals surface area (Å²) in [7, 11) is 0. The third-order valence-electron chi connectivity index (χ3n) is 6.44. The number of carbonyl (C=O) groups is 1. The van der Waals surface area contributed by atoms with Crippen molar-refractivity contribution in [1.82, 2.24) is 14.8 Å². The molecule has 1 atom stereocenters. The minimum atomic E-state index is -0.585. The summed E-state index contributed by atoms with van der Waals surface area (Å²) in [6.07, 6.45) is 3.85. The van der Waals surface area contributed by atoms with E-state index in [1.165, 1.54) is 6.07 Å². The van der Waals surface area contributed by atoms with E-state index in [0.29, 0.717) is 52.7 Å². The van der Waals surface area contributed by atoms with Crippen LogP contribution in [0.15, 0.2) is 58.9 Å². The second kappa shape index (κ2) is 14.2. The number of allylic oxidation sites excluding steroid dienone is 1. The Morgan fingerprint density at radius 2 is 1.88 bits per heavy atom. The van der Waals surface area contributed by atoms with Gasteiger partial charge in [-0.1, -0.05) is 62.7 Å². The zero-order valence-electron chi connectivity index (χ0n) is 23.5. The molecule has 8 nitrogen and oxygen atoms in total. The summed E-state index contributed by atoms with van der Waals surface area (Å²) >= 11 is 1.59. The Bertz CT molecular complexity index is 1340. The number of unbranched alkanes of at least 4 members (excludes halogenated alkanes) is 2. The fourth-order valence-electron chi connectivity index (χ4n) is 4.31. The predicted octanol–water partition coefficient (Wildman–Crippen LogP) is 6.92. The number of nitrogens with zero attached hydrogens (tertiary/aromatic N) is 3. The van der Waals surface area contributed by atoms with E-state index in [1.54, 1.807) is 40.7 Å². The molecule has 0 spiro atoms. The van der Waals surface area contributed by atoms with Crippen molar-refractivity contribution in [2.45, 2.75) is 71.2 Å². The molecule has 0 bridgehead atoms. The molecule has 0 saturated heterocycles. The lowest BCUT2D eigenvalue weighted by atomic mass is 9.95. The molecule has 0 fully saturated rings. The van der Waals surface area contributed by atoms with Crippen molar-refractivity contribution in [3.63, 3.8) is 0 Å². The van der Waals surface area contributed by atoms with E-state index < -0.39 is 12.0 Å². The quantitative estimate of drug-likeness (QED) is 0.127. The van der Waals surface area contributed by atoms with Crippen molar-refractivity contribution in [3.05, 3.63) is 70.7 Å². The van der Waals surface area contributed by atoms with Gasteiger partial charge in [0.05, 0.1) is 18.8 Å². The number of carbonyl (C=O) groups excluding carboxylic acids is 1. The fourth-order valence-corrected chi connectivity index (χ4v) is 5.23. The lowest BCUT2D eigenvalue weighted by Gasteiger charge is -2.28. The molecule has 1 aliphatic rings. The Kier molecular flexibility index (Phi) is 10.5. The number of nitrogens with one attached hydrogen (secondary N) is 1. The van der Waals surface area contributed by atoms with E-state index >= 15 is 0 Å². The minimum Gasteiger partial charge on any atom is -0.490 e. The number of aromatic nitrogens is 3. The molecular formula is C30H37FN4O4S. The number of rotatable bonds is 14. The van der Waals surface area contributed by atoms with Gasteiger partial charge in [-0.2, -0.15) is 4.98 Å². The van der Waals surface area contributed by atoms with Crippen molar-refractivity contribution < 1.29 is 23.4 Å². The number of thioether (sulfide) groups is 1. The van der Waals surface area contributed by atoms with Crippen LogP contribution in [0.5, 0.6) is 11.5 Å². The van der Waals surface area contributed by atoms with Gasteiger partial charge in [-0.3, -0.25) is 0 Å². The average molecular weight is 569 g/mol. The van der Waals surface area contributed by atoms with Gasteiger partial charge in [-0.15, -0.1) is 5.10 Å². The van der Waals surface area contributed by atoms with Crippen LogP contribution in [-0.2, 0) is 16.1 Å². The normalized spacial score (nSPS) is 14.5. The molecule has 4 rings (SSSR count). The summed E-state index contributed by atoms with van der Waals surface area (Å²) in [5.74, 6) is 1.71. The molecule has 0 amide bonds. The summed E-state index contributed by atoms with van der Waals surface area (Å²) < 4.78 is 33.5. The van der Waals surface area contributed by atoms with E-state index in [1.807, 2.05) is 32.9 Å². The molecule has 1 N–H and O–H groups in total. The first-order chi connectivity index (χ1) is 19.5. The molecular weight excluding hydrogens is 531 g/mol. The topological polar surface area (TPSA) is 87.5 Å². The van der Waals surface area contributed by atoms with Crippen molar-refractivity contribution >= 4 is 23.7 Å². The van der Waals surface area contributed by atoms with Crippen molar-refractivity contribution in [2.75, 3.05) is 24.3 Å². The van der Waals surface area contributed by atoms with E-state index in [0.717, 1.165) is 37.0 Å². The van der Waals surface area contributed by atoms with Gasteiger partial charge in [0.2, 0.25) is 11.1 Å². The molecule has 2 heterocycles. The van der Waals surface area contributed by atoms with Crippen LogP contribution < -0.4 is 14.8 Å². The zero-order chi connectivity index (χ0) is 28.5. The first-order valence-corrected chi connectivity index (χ1v) is 14.8. The van der Waals surface area contributed by atoms with E-state index in [-0.39, 0.29) is 12.4 Å². The highest BCUT2D eigenvalue weighted by atomic mass is 32.2. The van der Waals surface area contributed by atoms with Crippen LogP contribution in [0.2, 0.25) is 0 Å². The maximum absolute atomic E-state index is 14.2. The van der Waals surface area contributed by atoms with E-state index in [4.69, 9.17) is 24.3 Å². The maximum atomic E-state index is 14.2. The smallest absolute Gasteiger partial charge is 0.338 e. The van der Waals surface area contributed by atoms with E-state index in [2.05, 4.69) is 12.2 Å². The van der Waals surface area contributed by atoms with Gasteiger partial charge in [-0.05, 0) is 50.5 Å². The highest BCUT2D eigenvalue weighted by molar-refractivity contribution is 7.99. The average Bonchev–Trinajstić information content (AvgIpc) is 3.35. The summed E-state index contributed by atoms with van der Waals surface area (Å²) in [4.78, 5) is 18.1. The van der Waals surface area contributed by atoms with Crippen LogP contribution >= 0.6 is 11.8 Å². The number of anilines is 1. The number of hydrogen-bond acceptors (Lipinski definition) is 8. The lowest BCUT2D eigenvalue weighted by Crippen LogP contribution is -2.30. The molecule has 1 aliphatic heterocycles. The summed E-state index contributed by atoms with van der Waals surface area (Å²) in [6, 6.07) is 11.4. The third-order valence-corrected chi connectivity index (χ3v) is 7.36. The molecule has 0 saturated carbocycles. The summed E-state index contributed by atoms with van der Waals surface area (Å²) in [5.41, 5.74) is 2.33. The number of hydrogen-bond donors (Lipinski definition) is 1. The highest BCUT2D eigenvalue weighted by Crippen LogP contribution is 2.40. The van der Waals surface area contributed by atoms with Crippen LogP contribution in [0.25, 0.3) is 0 Å². The molecule has 0 aliphatic carbocycles. The lowest BCUT2D eigenvalue weighted by molar-refractivity contribution is -0.139. The van der Waals surface area contributed by atoms with Crippen LogP contribution in [0.1, 0.15) is 70.5 Å². The second-order valence-electron chi connectivity index (χ2n) is 9.44. The van der Waals surface area contributed by atoms with Gasteiger partial charge in [-0.25, -0.2) is 13.9 Å². The van der Waals surface area contributed by atoms with Crippen molar-refractivity contribution in [1.29, 1.82) is 0 Å². The Morgan fingerprint density at radius 3 is 2.62 bits per heavy atom. The van der Waals surface area contributed by atoms with Crippen LogP contribution in [0, 0.1) is 5.82 Å². The van der Waals surface area contributed by atoms with Gasteiger partial charge in [0.25, 0.3) is 0 Å². The molecule has 1 aromatic heterocycles. The Morgan fingerprint density at radius 1 is 1.07 bits per heavy atom. The summed E-state index contributed by atoms with van der Waals surface area (Å²) in [5, 5.41) is 8.67. The van der Waals surface area contributed by atoms with Gasteiger partial charge in [0.1, 0.15) is 18.5 Å². The van der Waals surface area contributed by atoms with Gasteiger partial charge < -0.3 is 19.5 Å². The molecule has 3 aromatic rings. The number of esters is 1. The SMILES string of the molecule is CCCCOC(=O)C1=C(C)Nc2nc(SCCCC)nn2C1c1ccc(OCc2ccccc2F)c(OCC)c1. The van der Waals surface area contributed by atoms with Crippen LogP contribution in [0.3, 0.4) is 0 Å². The number of fused-ring (bicyclic) bond motifs is 1. The monoisotopic (exact) mass is 568 g/mol. The maximum Gasteiger partial charge on any atom is 0.338 e. The first kappa shape index (κ1) is 29.5. The number of benzene rings is 2. The van der Waals surface area contributed by atoms with E-state index in [9.17, 15) is 9.18 Å². The van der Waals surface area contributed by atoms with Crippen molar-refractivity contribution in [3.8, 4) is 11.5 Å². The molecule has 40 heavy (non-hydrogen) atoms.